The Bertz CT molecular complexity index is 182. The normalized spacial score (nSPS) is 10.9. The zero-order valence-electron chi connectivity index (χ0n) is 5.45. The highest BCUT2D eigenvalue weighted by molar-refractivity contribution is 7.98. The van der Waals surface area contributed by atoms with E-state index in [1.807, 2.05) is 30.3 Å². The lowest BCUT2D eigenvalue weighted by molar-refractivity contribution is 0.599. The summed E-state index contributed by atoms with van der Waals surface area (Å²) in [6.45, 7) is 0. The van der Waals surface area contributed by atoms with Crippen LogP contribution >= 0.6 is 11.9 Å². The predicted molar refractivity (Wildman–Crippen MR) is 46.2 cm³/mol. The average molecular weight is 171 g/mol. The Balaban J connectivity index is 2.43. The van der Waals surface area contributed by atoms with E-state index in [0.29, 0.717) is 0 Å². The molecule has 0 fully saturated rings. The van der Waals surface area contributed by atoms with Crippen LogP contribution in [0, 0.1) is 0 Å². The van der Waals surface area contributed by atoms with Crippen molar-refractivity contribution >= 4 is 21.9 Å². The van der Waals surface area contributed by atoms with Gasteiger partial charge in [0.15, 0.2) is 0 Å². The molecule has 0 saturated heterocycles. The first-order chi connectivity index (χ1) is 4.93. The molecule has 0 aliphatic carbocycles. The van der Waals surface area contributed by atoms with Gasteiger partial charge in [-0.2, -0.15) is 0 Å². The topological polar surface area (TPSA) is 32.3 Å². The fourth-order valence-electron chi connectivity index (χ4n) is 0.604. The maximum Gasteiger partial charge on any atom is 0.242 e. The van der Waals surface area contributed by atoms with Gasteiger partial charge in [0, 0.05) is 4.90 Å². The molecule has 1 aromatic carbocycles. The van der Waals surface area contributed by atoms with E-state index in [1.165, 1.54) is 11.9 Å². The molecule has 2 N–H and O–H groups in total. The highest BCUT2D eigenvalue weighted by Crippen LogP contribution is 2.11. The van der Waals surface area contributed by atoms with Crippen molar-refractivity contribution in [2.45, 2.75) is 4.90 Å². The Kier molecular flexibility index (Phi) is 3.52. The zero-order chi connectivity index (χ0) is 7.23. The smallest absolute Gasteiger partial charge is 0.242 e. The van der Waals surface area contributed by atoms with E-state index in [1.54, 1.807) is 0 Å². The van der Waals surface area contributed by atoms with Crippen molar-refractivity contribution in [1.82, 2.24) is 4.39 Å². The number of hydrogen-bond donors (Lipinski definition) is 2. The molecule has 1 rings (SSSR count). The Hall–Kier alpha value is -0.293. The lowest BCUT2D eigenvalue weighted by Gasteiger charge is -1.97. The standard InChI is InChI=1S/C6H9NOSSi/c8-10-7-9-6-4-2-1-3-5-6/h1-5,7-8H,10H2. The van der Waals surface area contributed by atoms with Crippen LogP contribution in [0.4, 0.5) is 0 Å². The molecule has 2 nitrogen and oxygen atoms in total. The summed E-state index contributed by atoms with van der Waals surface area (Å²) >= 11 is 1.48. The predicted octanol–water partition coefficient (Wildman–Crippen LogP) is 0.274. The second-order valence-electron chi connectivity index (χ2n) is 1.72. The lowest BCUT2D eigenvalue weighted by Crippen LogP contribution is -2.07. The fraction of sp³-hybridized carbons (Fsp3) is 0. The third-order valence-electron chi connectivity index (χ3n) is 0.998. The first-order valence-electron chi connectivity index (χ1n) is 2.99. The van der Waals surface area contributed by atoms with Crippen molar-refractivity contribution in [3.8, 4) is 0 Å². The van der Waals surface area contributed by atoms with Gasteiger partial charge in [0.2, 0.25) is 9.92 Å². The average Bonchev–Trinajstić information content (AvgIpc) is 2.03. The molecule has 0 heterocycles. The van der Waals surface area contributed by atoms with E-state index in [4.69, 9.17) is 4.80 Å². The maximum absolute atomic E-state index is 8.53. The van der Waals surface area contributed by atoms with Crippen molar-refractivity contribution in [2.75, 3.05) is 0 Å². The van der Waals surface area contributed by atoms with Gasteiger partial charge in [-0.1, -0.05) is 30.1 Å². The van der Waals surface area contributed by atoms with Crippen LogP contribution in [0.15, 0.2) is 35.2 Å². The summed E-state index contributed by atoms with van der Waals surface area (Å²) in [5, 5.41) is 0. The molecule has 54 valence electrons. The lowest BCUT2D eigenvalue weighted by atomic mass is 10.4. The first kappa shape index (κ1) is 7.81. The summed E-state index contributed by atoms with van der Waals surface area (Å²) in [5.41, 5.74) is 0. The minimum atomic E-state index is -1.02. The summed E-state index contributed by atoms with van der Waals surface area (Å²) in [4.78, 5) is 9.68. The maximum atomic E-state index is 8.53. The van der Waals surface area contributed by atoms with Crippen LogP contribution in [0.1, 0.15) is 0 Å². The molecule has 4 heteroatoms. The van der Waals surface area contributed by atoms with Gasteiger partial charge < -0.3 is 4.80 Å². The van der Waals surface area contributed by atoms with Crippen molar-refractivity contribution in [2.24, 2.45) is 0 Å². The largest absolute Gasteiger partial charge is 0.423 e. The van der Waals surface area contributed by atoms with Gasteiger partial charge in [-0.15, -0.1) is 0 Å². The van der Waals surface area contributed by atoms with Gasteiger partial charge in [0.1, 0.15) is 0 Å². The quantitative estimate of drug-likeness (QED) is 0.506. The number of benzene rings is 1. The summed E-state index contributed by atoms with van der Waals surface area (Å²) < 4.78 is 2.88. The molecule has 0 saturated carbocycles. The minimum absolute atomic E-state index is 1.02. The van der Waals surface area contributed by atoms with Crippen LogP contribution in [0.3, 0.4) is 0 Å². The Labute approximate surface area is 66.8 Å². The van der Waals surface area contributed by atoms with Gasteiger partial charge in [-0.25, -0.2) is 0 Å². The third-order valence-corrected chi connectivity index (χ3v) is 2.60. The van der Waals surface area contributed by atoms with Crippen LogP contribution in [0.2, 0.25) is 0 Å². The molecule has 0 atom stereocenters. The molecule has 0 unspecified atom stereocenters. The van der Waals surface area contributed by atoms with Gasteiger partial charge in [0.25, 0.3) is 0 Å². The van der Waals surface area contributed by atoms with Gasteiger partial charge in [-0.3, -0.25) is 4.39 Å². The first-order valence-corrected chi connectivity index (χ1v) is 5.14. The van der Waals surface area contributed by atoms with E-state index in [2.05, 4.69) is 4.39 Å². The third kappa shape index (κ3) is 2.53. The van der Waals surface area contributed by atoms with E-state index in [0.717, 1.165) is 4.90 Å². The van der Waals surface area contributed by atoms with E-state index >= 15 is 0 Å². The van der Waals surface area contributed by atoms with Crippen molar-refractivity contribution in [3.05, 3.63) is 30.3 Å². The molecule has 0 aliphatic heterocycles. The van der Waals surface area contributed by atoms with Crippen LogP contribution in [0.25, 0.3) is 0 Å². The molecule has 0 aliphatic rings. The van der Waals surface area contributed by atoms with Crippen LogP contribution < -0.4 is 4.39 Å². The Morgan fingerprint density at radius 2 is 2.00 bits per heavy atom. The molecule has 0 aromatic heterocycles. The van der Waals surface area contributed by atoms with E-state index in [-0.39, 0.29) is 0 Å². The van der Waals surface area contributed by atoms with Crippen molar-refractivity contribution in [1.29, 1.82) is 0 Å². The monoisotopic (exact) mass is 171 g/mol. The van der Waals surface area contributed by atoms with Gasteiger partial charge in [-0.05, 0) is 12.1 Å². The summed E-state index contributed by atoms with van der Waals surface area (Å²) in [7, 11) is -1.02. The summed E-state index contributed by atoms with van der Waals surface area (Å²) in [5.74, 6) is 0. The molecule has 1 aromatic rings. The number of rotatable bonds is 3. The Morgan fingerprint density at radius 3 is 2.60 bits per heavy atom. The Morgan fingerprint density at radius 1 is 1.30 bits per heavy atom. The molecular weight excluding hydrogens is 162 g/mol. The number of hydrogen-bond acceptors (Lipinski definition) is 3. The van der Waals surface area contributed by atoms with Crippen molar-refractivity contribution < 1.29 is 4.80 Å². The van der Waals surface area contributed by atoms with Crippen LogP contribution in [-0.4, -0.2) is 14.7 Å². The number of nitrogens with one attached hydrogen (secondary N) is 1. The fourth-order valence-corrected chi connectivity index (χ4v) is 1.82. The van der Waals surface area contributed by atoms with Crippen LogP contribution in [0.5, 0.6) is 0 Å². The van der Waals surface area contributed by atoms with Crippen LogP contribution in [-0.2, 0) is 0 Å². The molecule has 0 spiro atoms. The highest BCUT2D eigenvalue weighted by Gasteiger charge is 1.87. The highest BCUT2D eigenvalue weighted by atomic mass is 32.2. The molecule has 0 bridgehead atoms. The summed E-state index contributed by atoms with van der Waals surface area (Å²) in [6, 6.07) is 9.93. The molecule has 0 radical (unpaired) electrons. The summed E-state index contributed by atoms with van der Waals surface area (Å²) in [6.07, 6.45) is 0. The van der Waals surface area contributed by atoms with Gasteiger partial charge in [0.05, 0.1) is 0 Å². The SMILES string of the molecule is O[SiH2]NSc1ccccc1. The molecule has 10 heavy (non-hydrogen) atoms. The second kappa shape index (κ2) is 4.51. The minimum Gasteiger partial charge on any atom is -0.423 e. The zero-order valence-corrected chi connectivity index (χ0v) is 7.68. The van der Waals surface area contributed by atoms with E-state index < -0.39 is 9.92 Å². The van der Waals surface area contributed by atoms with Gasteiger partial charge >= 0.3 is 0 Å². The molecular formula is C6H9NOSSi. The van der Waals surface area contributed by atoms with Crippen molar-refractivity contribution in [3.63, 3.8) is 0 Å². The second-order valence-corrected chi connectivity index (χ2v) is 3.86. The molecule has 0 amide bonds. The van der Waals surface area contributed by atoms with E-state index in [9.17, 15) is 0 Å².